The molecule has 0 saturated carbocycles. The molecule has 0 radical (unpaired) electrons. The average molecular weight is 285 g/mol. The van der Waals surface area contributed by atoms with Crippen LogP contribution in [-0.4, -0.2) is 24.7 Å². The first-order valence-corrected chi connectivity index (χ1v) is 7.03. The lowest BCUT2D eigenvalue weighted by molar-refractivity contribution is 0.0993. The molecular weight excluding hydrogens is 270 g/mol. The van der Waals surface area contributed by atoms with Gasteiger partial charge in [-0.2, -0.15) is 0 Å². The number of anilines is 1. The third kappa shape index (κ3) is 3.27. The number of amides is 1. The number of aliphatic hydroxyl groups excluding tert-OH is 1. The second-order valence-electron chi connectivity index (χ2n) is 4.36. The highest BCUT2D eigenvalue weighted by molar-refractivity contribution is 7.10. The predicted molar refractivity (Wildman–Crippen MR) is 82.2 cm³/mol. The molecule has 2 aromatic rings. The summed E-state index contributed by atoms with van der Waals surface area (Å²) in [6, 6.07) is 9.55. The summed E-state index contributed by atoms with van der Waals surface area (Å²) >= 11 is 1.40. The van der Waals surface area contributed by atoms with Crippen LogP contribution in [0.1, 0.15) is 20.8 Å². The molecule has 0 aliphatic rings. The first-order chi connectivity index (χ1) is 9.61. The monoisotopic (exact) mass is 285 g/mol. The summed E-state index contributed by atoms with van der Waals surface area (Å²) in [4.78, 5) is 14.7. The fourth-order valence-corrected chi connectivity index (χ4v) is 2.47. The molecule has 0 spiro atoms. The van der Waals surface area contributed by atoms with Crippen LogP contribution in [0.4, 0.5) is 5.69 Å². The Kier molecular flexibility index (Phi) is 4.57. The van der Waals surface area contributed by atoms with Crippen molar-refractivity contribution in [3.05, 3.63) is 51.7 Å². The van der Waals surface area contributed by atoms with Gasteiger partial charge in [0.2, 0.25) is 0 Å². The highest BCUT2D eigenvalue weighted by Crippen LogP contribution is 2.19. The van der Waals surface area contributed by atoms with E-state index in [-0.39, 0.29) is 12.5 Å². The standard InChI is InChI=1S/C16H15NO2S/c1-12-5-7-14(8-6-12)17(2)16(19)13-10-15(20-11-13)4-3-9-18/h5-8,10-11,18H,9H2,1-2H3. The molecule has 1 amide bonds. The smallest absolute Gasteiger partial charge is 0.258 e. The quantitative estimate of drug-likeness (QED) is 0.862. The van der Waals surface area contributed by atoms with E-state index in [1.54, 1.807) is 23.4 Å². The number of carbonyl (C=O) groups is 1. The van der Waals surface area contributed by atoms with Crippen molar-refractivity contribution in [3.63, 3.8) is 0 Å². The molecule has 0 aliphatic carbocycles. The highest BCUT2D eigenvalue weighted by Gasteiger charge is 2.14. The van der Waals surface area contributed by atoms with Crippen molar-refractivity contribution >= 4 is 22.9 Å². The molecule has 1 aromatic heterocycles. The van der Waals surface area contributed by atoms with Crippen molar-refractivity contribution in [2.45, 2.75) is 6.92 Å². The number of hydrogen-bond donors (Lipinski definition) is 1. The van der Waals surface area contributed by atoms with Crippen LogP contribution in [0, 0.1) is 18.8 Å². The Labute approximate surface area is 122 Å². The number of rotatable bonds is 2. The molecule has 20 heavy (non-hydrogen) atoms. The summed E-state index contributed by atoms with van der Waals surface area (Å²) in [7, 11) is 1.75. The lowest BCUT2D eigenvalue weighted by Crippen LogP contribution is -2.25. The predicted octanol–water partition coefficient (Wildman–Crippen LogP) is 2.68. The van der Waals surface area contributed by atoms with Gasteiger partial charge in [-0.1, -0.05) is 29.5 Å². The minimum atomic E-state index is -0.176. The summed E-state index contributed by atoms with van der Waals surface area (Å²) < 4.78 is 0. The zero-order chi connectivity index (χ0) is 14.5. The second kappa shape index (κ2) is 6.38. The van der Waals surface area contributed by atoms with E-state index in [1.807, 2.05) is 31.2 Å². The van der Waals surface area contributed by atoms with Crippen LogP contribution in [0.15, 0.2) is 35.7 Å². The minimum Gasteiger partial charge on any atom is -0.384 e. The van der Waals surface area contributed by atoms with E-state index >= 15 is 0 Å². The van der Waals surface area contributed by atoms with Crippen LogP contribution >= 0.6 is 11.3 Å². The third-order valence-corrected chi connectivity index (χ3v) is 3.71. The highest BCUT2D eigenvalue weighted by atomic mass is 32.1. The first-order valence-electron chi connectivity index (χ1n) is 6.15. The van der Waals surface area contributed by atoms with Crippen LogP contribution < -0.4 is 4.90 Å². The number of nitrogens with zero attached hydrogens (tertiary/aromatic N) is 1. The van der Waals surface area contributed by atoms with Crippen molar-refractivity contribution in [2.24, 2.45) is 0 Å². The molecule has 4 heteroatoms. The SMILES string of the molecule is Cc1ccc(N(C)C(=O)c2csc(C#CCO)c2)cc1. The Hall–Kier alpha value is -2.09. The number of hydrogen-bond acceptors (Lipinski definition) is 3. The van der Waals surface area contributed by atoms with E-state index in [1.165, 1.54) is 11.3 Å². The maximum absolute atomic E-state index is 12.4. The van der Waals surface area contributed by atoms with E-state index in [9.17, 15) is 4.79 Å². The van der Waals surface area contributed by atoms with Gasteiger partial charge in [0.15, 0.2) is 0 Å². The van der Waals surface area contributed by atoms with Gasteiger partial charge in [-0.3, -0.25) is 4.79 Å². The normalized spacial score (nSPS) is 9.75. The minimum absolute atomic E-state index is 0.0675. The molecule has 0 bridgehead atoms. The average Bonchev–Trinajstić information content (AvgIpc) is 2.93. The van der Waals surface area contributed by atoms with Crippen molar-refractivity contribution < 1.29 is 9.90 Å². The molecule has 0 saturated heterocycles. The van der Waals surface area contributed by atoms with E-state index in [4.69, 9.17) is 5.11 Å². The van der Waals surface area contributed by atoms with E-state index in [2.05, 4.69) is 11.8 Å². The van der Waals surface area contributed by atoms with Crippen molar-refractivity contribution in [1.82, 2.24) is 0 Å². The van der Waals surface area contributed by atoms with Gasteiger partial charge in [-0.05, 0) is 25.1 Å². The molecule has 3 nitrogen and oxygen atoms in total. The number of aryl methyl sites for hydroxylation is 1. The first kappa shape index (κ1) is 14.3. The largest absolute Gasteiger partial charge is 0.384 e. The fourth-order valence-electron chi connectivity index (χ4n) is 1.72. The molecule has 1 heterocycles. The van der Waals surface area contributed by atoms with Gasteiger partial charge in [0.1, 0.15) is 6.61 Å². The van der Waals surface area contributed by atoms with Gasteiger partial charge < -0.3 is 10.0 Å². The van der Waals surface area contributed by atoms with Crippen LogP contribution in [0.2, 0.25) is 0 Å². The zero-order valence-electron chi connectivity index (χ0n) is 11.4. The topological polar surface area (TPSA) is 40.5 Å². The van der Waals surface area contributed by atoms with E-state index in [0.29, 0.717) is 5.56 Å². The molecule has 1 aromatic carbocycles. The third-order valence-electron chi connectivity index (χ3n) is 2.86. The number of benzene rings is 1. The number of thiophene rings is 1. The Balaban J connectivity index is 2.18. The van der Waals surface area contributed by atoms with Crippen LogP contribution in [0.3, 0.4) is 0 Å². The van der Waals surface area contributed by atoms with Crippen LogP contribution in [0.5, 0.6) is 0 Å². The van der Waals surface area contributed by atoms with Crippen molar-refractivity contribution in [1.29, 1.82) is 0 Å². The summed E-state index contributed by atoms with van der Waals surface area (Å²) in [6.45, 7) is 1.83. The van der Waals surface area contributed by atoms with Gasteiger partial charge >= 0.3 is 0 Å². The second-order valence-corrected chi connectivity index (χ2v) is 5.27. The van der Waals surface area contributed by atoms with Gasteiger partial charge in [0.05, 0.1) is 10.4 Å². The van der Waals surface area contributed by atoms with E-state index < -0.39 is 0 Å². The summed E-state index contributed by atoms with van der Waals surface area (Å²) in [6.07, 6.45) is 0. The fraction of sp³-hybridized carbons (Fsp3) is 0.188. The van der Waals surface area contributed by atoms with Crippen molar-refractivity contribution in [3.8, 4) is 11.8 Å². The van der Waals surface area contributed by atoms with Crippen LogP contribution in [-0.2, 0) is 0 Å². The van der Waals surface area contributed by atoms with Crippen LogP contribution in [0.25, 0.3) is 0 Å². The maximum Gasteiger partial charge on any atom is 0.258 e. The molecule has 0 aliphatic heterocycles. The summed E-state index contributed by atoms with van der Waals surface area (Å²) in [5.74, 6) is 5.31. The van der Waals surface area contributed by atoms with Crippen molar-refractivity contribution in [2.75, 3.05) is 18.6 Å². The maximum atomic E-state index is 12.4. The zero-order valence-corrected chi connectivity index (χ0v) is 12.2. The molecular formula is C16H15NO2S. The summed E-state index contributed by atoms with van der Waals surface area (Å²) in [5.41, 5.74) is 2.63. The Morgan fingerprint density at radius 3 is 2.70 bits per heavy atom. The Morgan fingerprint density at radius 1 is 1.35 bits per heavy atom. The molecule has 0 unspecified atom stereocenters. The molecule has 102 valence electrons. The molecule has 1 N–H and O–H groups in total. The molecule has 0 atom stereocenters. The van der Waals surface area contributed by atoms with Gasteiger partial charge in [0, 0.05) is 18.1 Å². The van der Waals surface area contributed by atoms with Gasteiger partial charge in [-0.15, -0.1) is 11.3 Å². The molecule has 2 rings (SSSR count). The number of aliphatic hydroxyl groups is 1. The summed E-state index contributed by atoms with van der Waals surface area (Å²) in [5, 5.41) is 10.4. The molecule has 0 fully saturated rings. The number of carbonyl (C=O) groups excluding carboxylic acids is 1. The van der Waals surface area contributed by atoms with E-state index in [0.717, 1.165) is 16.1 Å². The lowest BCUT2D eigenvalue weighted by atomic mass is 10.2. The van der Waals surface area contributed by atoms with Gasteiger partial charge in [0.25, 0.3) is 5.91 Å². The lowest BCUT2D eigenvalue weighted by Gasteiger charge is -2.16. The van der Waals surface area contributed by atoms with Gasteiger partial charge in [-0.25, -0.2) is 0 Å². The Bertz CT molecular complexity index is 662. The Morgan fingerprint density at radius 2 is 2.05 bits per heavy atom.